The van der Waals surface area contributed by atoms with Gasteiger partial charge in [-0.2, -0.15) is 5.10 Å². The van der Waals surface area contributed by atoms with Gasteiger partial charge in [-0.1, -0.05) is 0 Å². The van der Waals surface area contributed by atoms with Crippen molar-refractivity contribution in [2.45, 2.75) is 13.0 Å². The lowest BCUT2D eigenvalue weighted by Crippen LogP contribution is -2.08. The van der Waals surface area contributed by atoms with Gasteiger partial charge in [0.1, 0.15) is 30.0 Å². The predicted octanol–water partition coefficient (Wildman–Crippen LogP) is 2.25. The van der Waals surface area contributed by atoms with Crippen LogP contribution in [-0.4, -0.2) is 31.8 Å². The average molecular weight is 379 g/mol. The average Bonchev–Trinajstić information content (AvgIpc) is 2.96. The van der Waals surface area contributed by atoms with Crippen LogP contribution in [0.1, 0.15) is 18.9 Å². The highest BCUT2D eigenvalue weighted by Crippen LogP contribution is 2.41. The lowest BCUT2D eigenvalue weighted by atomic mass is 10.2. The largest absolute Gasteiger partial charge is 0.495 e. The van der Waals surface area contributed by atoms with Crippen LogP contribution in [0.5, 0.6) is 11.5 Å². The Bertz CT molecular complexity index is 866. The van der Waals surface area contributed by atoms with E-state index >= 15 is 0 Å². The number of halogens is 1. The summed E-state index contributed by atoms with van der Waals surface area (Å²) in [4.78, 5) is 12.5. The minimum absolute atomic E-state index is 0.328. The first kappa shape index (κ1) is 15.5. The molecule has 0 aliphatic heterocycles. The maximum atomic E-state index is 6.01. The van der Waals surface area contributed by atoms with E-state index in [4.69, 9.17) is 15.2 Å². The second-order valence-corrected chi connectivity index (χ2v) is 5.70. The summed E-state index contributed by atoms with van der Waals surface area (Å²) in [6.45, 7) is 1.86. The van der Waals surface area contributed by atoms with E-state index in [0.717, 1.165) is 0 Å². The zero-order valence-electron chi connectivity index (χ0n) is 12.8. The standard InChI is InChI=1S/C14H15BrN6O2/c1-7(14-19-6-21(2)20-14)23-8-4-9(22-3)11(15)12-10(8)13(16)18-5-17-12/h4-7H,1-3H3,(H2,16,17,18). The van der Waals surface area contributed by atoms with Gasteiger partial charge in [-0.05, 0) is 22.9 Å². The smallest absolute Gasteiger partial charge is 0.191 e. The normalized spacial score (nSPS) is 12.3. The Balaban J connectivity index is 2.11. The van der Waals surface area contributed by atoms with Gasteiger partial charge in [0.15, 0.2) is 11.9 Å². The molecule has 23 heavy (non-hydrogen) atoms. The van der Waals surface area contributed by atoms with Gasteiger partial charge in [0.25, 0.3) is 0 Å². The van der Waals surface area contributed by atoms with Crippen LogP contribution in [-0.2, 0) is 7.05 Å². The number of nitrogens with two attached hydrogens (primary N) is 1. The number of anilines is 1. The first-order valence-electron chi connectivity index (χ1n) is 6.80. The van der Waals surface area contributed by atoms with Crippen LogP contribution in [0.4, 0.5) is 5.82 Å². The molecular formula is C14H15BrN6O2. The third-order valence-electron chi connectivity index (χ3n) is 3.31. The molecule has 3 aromatic rings. The Morgan fingerprint density at radius 2 is 2.04 bits per heavy atom. The van der Waals surface area contributed by atoms with Crippen molar-refractivity contribution in [2.75, 3.05) is 12.8 Å². The maximum Gasteiger partial charge on any atom is 0.191 e. The summed E-state index contributed by atoms with van der Waals surface area (Å²) in [6, 6.07) is 1.74. The van der Waals surface area contributed by atoms with E-state index in [-0.39, 0.29) is 6.10 Å². The Hall–Kier alpha value is -2.42. The van der Waals surface area contributed by atoms with Gasteiger partial charge in [-0.3, -0.25) is 4.68 Å². The zero-order chi connectivity index (χ0) is 16.6. The molecule has 8 nitrogen and oxygen atoms in total. The summed E-state index contributed by atoms with van der Waals surface area (Å²) in [5.74, 6) is 2.00. The lowest BCUT2D eigenvalue weighted by molar-refractivity contribution is 0.218. The first-order chi connectivity index (χ1) is 11.0. The number of hydrogen-bond donors (Lipinski definition) is 1. The summed E-state index contributed by atoms with van der Waals surface area (Å²) in [5, 5.41) is 4.86. The van der Waals surface area contributed by atoms with E-state index in [0.29, 0.717) is 38.5 Å². The summed E-state index contributed by atoms with van der Waals surface area (Å²) < 4.78 is 13.7. The molecule has 1 unspecified atom stereocenters. The molecule has 2 aromatic heterocycles. The van der Waals surface area contributed by atoms with Gasteiger partial charge >= 0.3 is 0 Å². The van der Waals surface area contributed by atoms with Gasteiger partial charge in [0, 0.05) is 13.1 Å². The van der Waals surface area contributed by atoms with Crippen LogP contribution >= 0.6 is 15.9 Å². The molecule has 1 atom stereocenters. The number of rotatable bonds is 4. The second-order valence-electron chi connectivity index (χ2n) is 4.91. The molecule has 0 aliphatic carbocycles. The summed E-state index contributed by atoms with van der Waals surface area (Å²) >= 11 is 3.47. The lowest BCUT2D eigenvalue weighted by Gasteiger charge is -2.16. The van der Waals surface area contributed by atoms with Gasteiger partial charge < -0.3 is 15.2 Å². The fourth-order valence-corrected chi connectivity index (χ4v) is 2.78. The molecule has 0 spiro atoms. The minimum atomic E-state index is -0.370. The predicted molar refractivity (Wildman–Crippen MR) is 88.2 cm³/mol. The topological polar surface area (TPSA) is 101 Å². The number of nitrogens with zero attached hydrogens (tertiary/aromatic N) is 5. The number of fused-ring (bicyclic) bond motifs is 1. The van der Waals surface area contributed by atoms with Crippen LogP contribution in [0, 0.1) is 0 Å². The molecule has 0 aliphatic rings. The van der Waals surface area contributed by atoms with Gasteiger partial charge in [-0.15, -0.1) is 0 Å². The Morgan fingerprint density at radius 3 is 2.70 bits per heavy atom. The molecule has 2 heterocycles. The van der Waals surface area contributed by atoms with Crippen LogP contribution in [0.2, 0.25) is 0 Å². The second kappa shape index (κ2) is 5.99. The molecule has 0 fully saturated rings. The van der Waals surface area contributed by atoms with E-state index in [1.54, 1.807) is 31.2 Å². The number of hydrogen-bond acceptors (Lipinski definition) is 7. The molecule has 0 bridgehead atoms. The number of methoxy groups -OCH3 is 1. The first-order valence-corrected chi connectivity index (χ1v) is 7.59. The maximum absolute atomic E-state index is 6.01. The number of benzene rings is 1. The quantitative estimate of drug-likeness (QED) is 0.742. The van der Waals surface area contributed by atoms with Crippen LogP contribution in [0.25, 0.3) is 10.9 Å². The van der Waals surface area contributed by atoms with Crippen molar-refractivity contribution in [3.8, 4) is 11.5 Å². The van der Waals surface area contributed by atoms with E-state index in [1.165, 1.54) is 6.33 Å². The van der Waals surface area contributed by atoms with Crippen molar-refractivity contribution in [3.63, 3.8) is 0 Å². The number of aryl methyl sites for hydroxylation is 1. The Labute approximate surface area is 140 Å². The fourth-order valence-electron chi connectivity index (χ4n) is 2.21. The van der Waals surface area contributed by atoms with Gasteiger partial charge in [0.2, 0.25) is 0 Å². The number of nitrogen functional groups attached to an aromatic ring is 1. The van der Waals surface area contributed by atoms with Crippen molar-refractivity contribution < 1.29 is 9.47 Å². The van der Waals surface area contributed by atoms with E-state index in [1.807, 2.05) is 6.92 Å². The Kier molecular flexibility index (Phi) is 4.03. The Morgan fingerprint density at radius 1 is 1.26 bits per heavy atom. The van der Waals surface area contributed by atoms with E-state index in [9.17, 15) is 0 Å². The minimum Gasteiger partial charge on any atom is -0.495 e. The molecule has 1 aromatic carbocycles. The fraction of sp³-hybridized carbons (Fsp3) is 0.286. The molecule has 9 heteroatoms. The zero-order valence-corrected chi connectivity index (χ0v) is 14.4. The van der Waals surface area contributed by atoms with Crippen molar-refractivity contribution >= 4 is 32.7 Å². The third kappa shape index (κ3) is 2.79. The van der Waals surface area contributed by atoms with Crippen LogP contribution < -0.4 is 15.2 Å². The molecule has 0 amide bonds. The van der Waals surface area contributed by atoms with Crippen molar-refractivity contribution in [2.24, 2.45) is 7.05 Å². The van der Waals surface area contributed by atoms with E-state index in [2.05, 4.69) is 36.0 Å². The van der Waals surface area contributed by atoms with Crippen molar-refractivity contribution in [1.82, 2.24) is 24.7 Å². The number of ether oxygens (including phenoxy) is 2. The van der Waals surface area contributed by atoms with Crippen LogP contribution in [0.3, 0.4) is 0 Å². The third-order valence-corrected chi connectivity index (χ3v) is 4.08. The molecule has 3 rings (SSSR count). The van der Waals surface area contributed by atoms with Crippen LogP contribution in [0.15, 0.2) is 23.2 Å². The molecule has 0 radical (unpaired) electrons. The molecule has 2 N–H and O–H groups in total. The highest BCUT2D eigenvalue weighted by atomic mass is 79.9. The van der Waals surface area contributed by atoms with Gasteiger partial charge in [0.05, 0.1) is 22.5 Å². The van der Waals surface area contributed by atoms with E-state index < -0.39 is 0 Å². The SMILES string of the molecule is COc1cc(OC(C)c2ncn(C)n2)c2c(N)ncnc2c1Br. The van der Waals surface area contributed by atoms with Crippen molar-refractivity contribution in [3.05, 3.63) is 29.0 Å². The molecule has 0 saturated heterocycles. The summed E-state index contributed by atoms with van der Waals surface area (Å²) in [5.41, 5.74) is 6.63. The number of aromatic nitrogens is 5. The highest BCUT2D eigenvalue weighted by molar-refractivity contribution is 9.10. The van der Waals surface area contributed by atoms with Gasteiger partial charge in [-0.25, -0.2) is 15.0 Å². The summed E-state index contributed by atoms with van der Waals surface area (Å²) in [7, 11) is 3.37. The summed E-state index contributed by atoms with van der Waals surface area (Å²) in [6.07, 6.45) is 2.65. The van der Waals surface area contributed by atoms with Crippen molar-refractivity contribution in [1.29, 1.82) is 0 Å². The molecule has 120 valence electrons. The molecule has 0 saturated carbocycles. The monoisotopic (exact) mass is 378 g/mol. The molecular weight excluding hydrogens is 364 g/mol. The highest BCUT2D eigenvalue weighted by Gasteiger charge is 2.19.